The van der Waals surface area contributed by atoms with E-state index in [0.29, 0.717) is 0 Å². The van der Waals surface area contributed by atoms with Gasteiger partial charge in [0.1, 0.15) is 0 Å². The van der Waals surface area contributed by atoms with Crippen LogP contribution in [0.2, 0.25) is 0 Å². The van der Waals surface area contributed by atoms with Crippen LogP contribution in [0.15, 0.2) is 42.6 Å². The largest absolute Gasteiger partial charge is 0.296 e. The molecule has 0 unspecified atom stereocenters. The molecule has 2 heterocycles. The summed E-state index contributed by atoms with van der Waals surface area (Å²) in [4.78, 5) is 11.4. The van der Waals surface area contributed by atoms with Gasteiger partial charge < -0.3 is 0 Å². The number of hydrogen-bond donors (Lipinski definition) is 0. The van der Waals surface area contributed by atoms with Crippen LogP contribution < -0.4 is 0 Å². The van der Waals surface area contributed by atoms with Crippen LogP contribution in [0.25, 0.3) is 5.78 Å². The van der Waals surface area contributed by atoms with Gasteiger partial charge in [0.25, 0.3) is 0 Å². The second-order valence-corrected chi connectivity index (χ2v) is 5.60. The minimum atomic E-state index is 0.788. The molecule has 0 aliphatic rings. The molecular formula is C17H20N4. The SMILES string of the molecule is Cc1cc(C)n2cc(CN(C)Cc3ccccc3)nc2n1. The highest BCUT2D eigenvalue weighted by Gasteiger charge is 2.08. The van der Waals surface area contributed by atoms with E-state index in [9.17, 15) is 0 Å². The molecule has 0 amide bonds. The van der Waals surface area contributed by atoms with Crippen molar-refractivity contribution < 1.29 is 0 Å². The maximum absolute atomic E-state index is 4.63. The molecule has 0 radical (unpaired) electrons. The summed E-state index contributed by atoms with van der Waals surface area (Å²) in [7, 11) is 2.11. The van der Waals surface area contributed by atoms with Gasteiger partial charge in [-0.2, -0.15) is 0 Å². The van der Waals surface area contributed by atoms with Crippen molar-refractivity contribution in [2.24, 2.45) is 0 Å². The number of hydrogen-bond acceptors (Lipinski definition) is 3. The number of imidazole rings is 1. The van der Waals surface area contributed by atoms with E-state index in [1.54, 1.807) is 0 Å². The Morgan fingerprint density at radius 3 is 2.57 bits per heavy atom. The van der Waals surface area contributed by atoms with Gasteiger partial charge >= 0.3 is 0 Å². The molecule has 21 heavy (non-hydrogen) atoms. The molecule has 4 heteroatoms. The fourth-order valence-corrected chi connectivity index (χ4v) is 2.62. The van der Waals surface area contributed by atoms with Crippen LogP contribution in [0.3, 0.4) is 0 Å². The molecule has 0 spiro atoms. The third-order valence-corrected chi connectivity index (χ3v) is 3.54. The van der Waals surface area contributed by atoms with Crippen molar-refractivity contribution in [1.82, 2.24) is 19.3 Å². The number of benzene rings is 1. The molecule has 2 aromatic heterocycles. The summed E-state index contributed by atoms with van der Waals surface area (Å²) in [6.45, 7) is 5.82. The molecular weight excluding hydrogens is 260 g/mol. The Morgan fingerprint density at radius 2 is 1.81 bits per heavy atom. The molecule has 4 nitrogen and oxygen atoms in total. The third kappa shape index (κ3) is 3.11. The number of aryl methyl sites for hydroxylation is 2. The highest BCUT2D eigenvalue weighted by molar-refractivity contribution is 5.34. The van der Waals surface area contributed by atoms with Gasteiger partial charge in [0.2, 0.25) is 5.78 Å². The Hall–Kier alpha value is -2.20. The zero-order valence-electron chi connectivity index (χ0n) is 12.7. The maximum atomic E-state index is 4.63. The zero-order chi connectivity index (χ0) is 14.8. The molecule has 108 valence electrons. The fraction of sp³-hybridized carbons (Fsp3) is 0.294. The van der Waals surface area contributed by atoms with Crippen LogP contribution in [-0.2, 0) is 13.1 Å². The summed E-state index contributed by atoms with van der Waals surface area (Å²) in [6, 6.07) is 12.6. The first-order chi connectivity index (χ1) is 10.1. The zero-order valence-corrected chi connectivity index (χ0v) is 12.7. The van der Waals surface area contributed by atoms with Crippen molar-refractivity contribution >= 4 is 5.78 Å². The number of rotatable bonds is 4. The molecule has 0 N–H and O–H groups in total. The smallest absolute Gasteiger partial charge is 0.234 e. The topological polar surface area (TPSA) is 33.4 Å². The Kier molecular flexibility index (Phi) is 3.71. The summed E-state index contributed by atoms with van der Waals surface area (Å²) in [6.07, 6.45) is 2.08. The van der Waals surface area contributed by atoms with E-state index >= 15 is 0 Å². The summed E-state index contributed by atoms with van der Waals surface area (Å²) < 4.78 is 2.05. The Bertz CT molecular complexity index is 746. The standard InChI is InChI=1S/C17H20N4/c1-13-9-14(2)21-12-16(19-17(21)18-13)11-20(3)10-15-7-5-4-6-8-15/h4-9,12H,10-11H2,1-3H3. The van der Waals surface area contributed by atoms with Crippen LogP contribution in [-0.4, -0.2) is 26.3 Å². The monoisotopic (exact) mass is 280 g/mol. The number of aromatic nitrogens is 3. The number of fused-ring (bicyclic) bond motifs is 1. The predicted molar refractivity (Wildman–Crippen MR) is 84.1 cm³/mol. The molecule has 0 aliphatic heterocycles. The van der Waals surface area contributed by atoms with E-state index in [2.05, 4.69) is 69.8 Å². The first kappa shape index (κ1) is 13.8. The van der Waals surface area contributed by atoms with Crippen molar-refractivity contribution in [2.75, 3.05) is 7.05 Å². The molecule has 3 aromatic rings. The molecule has 3 rings (SSSR count). The summed E-state index contributed by atoms with van der Waals surface area (Å²) in [5, 5.41) is 0. The van der Waals surface area contributed by atoms with Crippen LogP contribution in [0, 0.1) is 13.8 Å². The molecule has 0 atom stereocenters. The average molecular weight is 280 g/mol. The Balaban J connectivity index is 1.77. The van der Waals surface area contributed by atoms with Crippen molar-refractivity contribution in [3.05, 3.63) is 65.2 Å². The lowest BCUT2D eigenvalue weighted by molar-refractivity contribution is 0.315. The van der Waals surface area contributed by atoms with Gasteiger partial charge in [-0.15, -0.1) is 0 Å². The summed E-state index contributed by atoms with van der Waals surface area (Å²) >= 11 is 0. The minimum Gasteiger partial charge on any atom is -0.296 e. The van der Waals surface area contributed by atoms with Crippen LogP contribution in [0.4, 0.5) is 0 Å². The second-order valence-electron chi connectivity index (χ2n) is 5.60. The van der Waals surface area contributed by atoms with Crippen LogP contribution in [0.5, 0.6) is 0 Å². The van der Waals surface area contributed by atoms with E-state index in [0.717, 1.165) is 30.3 Å². The van der Waals surface area contributed by atoms with E-state index in [1.807, 2.05) is 13.0 Å². The van der Waals surface area contributed by atoms with E-state index in [4.69, 9.17) is 0 Å². The fourth-order valence-electron chi connectivity index (χ4n) is 2.62. The maximum Gasteiger partial charge on any atom is 0.234 e. The van der Waals surface area contributed by atoms with Gasteiger partial charge in [-0.1, -0.05) is 30.3 Å². The van der Waals surface area contributed by atoms with Gasteiger partial charge in [0.05, 0.1) is 5.69 Å². The molecule has 0 saturated carbocycles. The van der Waals surface area contributed by atoms with Gasteiger partial charge in [-0.3, -0.25) is 9.30 Å². The Morgan fingerprint density at radius 1 is 1.05 bits per heavy atom. The van der Waals surface area contributed by atoms with Gasteiger partial charge in [-0.05, 0) is 32.5 Å². The minimum absolute atomic E-state index is 0.788. The van der Waals surface area contributed by atoms with Crippen molar-refractivity contribution in [3.8, 4) is 0 Å². The third-order valence-electron chi connectivity index (χ3n) is 3.54. The molecule has 0 fully saturated rings. The Labute approximate surface area is 125 Å². The molecule has 0 saturated heterocycles. The first-order valence-corrected chi connectivity index (χ1v) is 7.16. The van der Waals surface area contributed by atoms with E-state index in [-0.39, 0.29) is 0 Å². The highest BCUT2D eigenvalue weighted by atomic mass is 15.1. The van der Waals surface area contributed by atoms with Crippen molar-refractivity contribution in [2.45, 2.75) is 26.9 Å². The van der Waals surface area contributed by atoms with Gasteiger partial charge in [-0.25, -0.2) is 9.97 Å². The van der Waals surface area contributed by atoms with Gasteiger partial charge in [0, 0.05) is 30.7 Å². The van der Waals surface area contributed by atoms with Crippen LogP contribution >= 0.6 is 0 Å². The van der Waals surface area contributed by atoms with E-state index in [1.165, 1.54) is 11.3 Å². The molecule has 1 aromatic carbocycles. The quantitative estimate of drug-likeness (QED) is 0.736. The van der Waals surface area contributed by atoms with Crippen molar-refractivity contribution in [1.29, 1.82) is 0 Å². The second kappa shape index (κ2) is 5.66. The highest BCUT2D eigenvalue weighted by Crippen LogP contribution is 2.11. The summed E-state index contributed by atoms with van der Waals surface area (Å²) in [5.74, 6) is 0.788. The lowest BCUT2D eigenvalue weighted by Crippen LogP contribution is -2.17. The number of nitrogens with zero attached hydrogens (tertiary/aromatic N) is 4. The van der Waals surface area contributed by atoms with Crippen molar-refractivity contribution in [3.63, 3.8) is 0 Å². The predicted octanol–water partition coefficient (Wildman–Crippen LogP) is 2.98. The van der Waals surface area contributed by atoms with Gasteiger partial charge in [0.15, 0.2) is 0 Å². The average Bonchev–Trinajstić information content (AvgIpc) is 2.82. The molecule has 0 aliphatic carbocycles. The van der Waals surface area contributed by atoms with E-state index < -0.39 is 0 Å². The normalized spacial score (nSPS) is 11.4. The summed E-state index contributed by atoms with van der Waals surface area (Å²) in [5.41, 5.74) is 4.54. The lowest BCUT2D eigenvalue weighted by atomic mass is 10.2. The lowest BCUT2D eigenvalue weighted by Gasteiger charge is -2.14. The first-order valence-electron chi connectivity index (χ1n) is 7.16. The van der Waals surface area contributed by atoms with Crippen LogP contribution in [0.1, 0.15) is 22.6 Å². The molecule has 0 bridgehead atoms.